The first kappa shape index (κ1) is 19.9. The number of hydrogen-bond donors (Lipinski definition) is 2. The van der Waals surface area contributed by atoms with Gasteiger partial charge in [-0.2, -0.15) is 0 Å². The first-order valence-electron chi connectivity index (χ1n) is 9.38. The van der Waals surface area contributed by atoms with E-state index in [1.807, 2.05) is 20.8 Å². The highest BCUT2D eigenvalue weighted by atomic mass is 32.2. The molecule has 0 aromatic carbocycles. The maximum absolute atomic E-state index is 12.1. The van der Waals surface area contributed by atoms with E-state index in [1.54, 1.807) is 0 Å². The quantitative estimate of drug-likeness (QED) is 0.571. The van der Waals surface area contributed by atoms with Crippen LogP contribution >= 0.6 is 0 Å². The first-order valence-corrected chi connectivity index (χ1v) is 10.8. The van der Waals surface area contributed by atoms with E-state index in [4.69, 9.17) is 9.52 Å². The Morgan fingerprint density at radius 3 is 2.80 bits per heavy atom. The normalized spacial score (nSPS) is 22.6. The number of aryl methyl sites for hydroxylation is 2. The lowest BCUT2D eigenvalue weighted by atomic mass is 9.95. The van der Waals surface area contributed by atoms with Crippen LogP contribution in [0.2, 0.25) is 0 Å². The van der Waals surface area contributed by atoms with E-state index in [0.29, 0.717) is 17.8 Å². The van der Waals surface area contributed by atoms with Crippen LogP contribution in [0.5, 0.6) is 0 Å². The molecule has 1 saturated carbocycles. The van der Waals surface area contributed by atoms with E-state index in [2.05, 4.69) is 22.7 Å². The second-order valence-electron chi connectivity index (χ2n) is 6.61. The summed E-state index contributed by atoms with van der Waals surface area (Å²) in [5.74, 6) is 2.48. The predicted octanol–water partition coefficient (Wildman–Crippen LogP) is 2.47. The van der Waals surface area contributed by atoms with Gasteiger partial charge in [-0.1, -0.05) is 18.5 Å². The maximum atomic E-state index is 12.1. The van der Waals surface area contributed by atoms with Crippen LogP contribution in [0.15, 0.2) is 9.52 Å². The molecule has 0 saturated heterocycles. The summed E-state index contributed by atoms with van der Waals surface area (Å²) in [6.07, 6.45) is 5.12. The highest BCUT2D eigenvalue weighted by Gasteiger charge is 2.26. The Morgan fingerprint density at radius 2 is 2.16 bits per heavy atom. The Labute approximate surface area is 153 Å². The predicted molar refractivity (Wildman–Crippen MR) is 104 cm³/mol. The van der Waals surface area contributed by atoms with Gasteiger partial charge in [0.05, 0.1) is 5.69 Å². The molecule has 3 atom stereocenters. The molecular formula is C18H32N4O2S. The second kappa shape index (κ2) is 9.94. The molecule has 1 heterocycles. The SMILES string of the molecule is CCNC(=NCCc1c(C)noc1C)NC1CCCC(S(=O)CC)C1. The Hall–Kier alpha value is -1.37. The minimum atomic E-state index is -0.701. The van der Waals surface area contributed by atoms with E-state index in [9.17, 15) is 4.21 Å². The van der Waals surface area contributed by atoms with Gasteiger partial charge >= 0.3 is 0 Å². The first-order chi connectivity index (χ1) is 12.0. The molecule has 1 aliphatic rings. The molecule has 0 amide bonds. The Balaban J connectivity index is 1.92. The summed E-state index contributed by atoms with van der Waals surface area (Å²) in [5.41, 5.74) is 2.10. The van der Waals surface area contributed by atoms with Crippen molar-refractivity contribution < 1.29 is 8.73 Å². The Kier molecular flexibility index (Phi) is 7.93. The fourth-order valence-electron chi connectivity index (χ4n) is 3.40. The largest absolute Gasteiger partial charge is 0.361 e. The molecule has 142 valence electrons. The number of hydrogen-bond acceptors (Lipinski definition) is 4. The zero-order chi connectivity index (χ0) is 18.2. The molecule has 0 spiro atoms. The Morgan fingerprint density at radius 1 is 1.36 bits per heavy atom. The number of guanidine groups is 1. The van der Waals surface area contributed by atoms with Gasteiger partial charge in [-0.05, 0) is 46.5 Å². The van der Waals surface area contributed by atoms with Gasteiger partial charge in [0.2, 0.25) is 0 Å². The average molecular weight is 369 g/mol. The van der Waals surface area contributed by atoms with Crippen LogP contribution in [0.1, 0.15) is 56.5 Å². The van der Waals surface area contributed by atoms with Crippen LogP contribution in [0.3, 0.4) is 0 Å². The molecule has 2 N–H and O–H groups in total. The number of aromatic nitrogens is 1. The van der Waals surface area contributed by atoms with Crippen molar-refractivity contribution in [3.63, 3.8) is 0 Å². The number of rotatable bonds is 7. The lowest BCUT2D eigenvalue weighted by Crippen LogP contribution is -2.46. The molecule has 1 aliphatic carbocycles. The van der Waals surface area contributed by atoms with Gasteiger partial charge < -0.3 is 15.2 Å². The molecule has 6 nitrogen and oxygen atoms in total. The maximum Gasteiger partial charge on any atom is 0.191 e. The third-order valence-corrected chi connectivity index (χ3v) is 6.52. The summed E-state index contributed by atoms with van der Waals surface area (Å²) in [6, 6.07) is 0.353. The summed E-state index contributed by atoms with van der Waals surface area (Å²) in [7, 11) is -0.701. The molecule has 0 bridgehead atoms. The lowest BCUT2D eigenvalue weighted by molar-refractivity contribution is 0.392. The molecule has 3 unspecified atom stereocenters. The van der Waals surface area contributed by atoms with Crippen molar-refractivity contribution in [3.8, 4) is 0 Å². The van der Waals surface area contributed by atoms with Crippen LogP contribution in [-0.4, -0.2) is 45.5 Å². The monoisotopic (exact) mass is 368 g/mol. The van der Waals surface area contributed by atoms with Crippen LogP contribution in [0.25, 0.3) is 0 Å². The Bertz CT molecular complexity index is 580. The van der Waals surface area contributed by atoms with Gasteiger partial charge in [0.15, 0.2) is 5.96 Å². The third kappa shape index (κ3) is 5.83. The number of aliphatic imine (C=N–C) groups is 1. The van der Waals surface area contributed by atoms with Crippen LogP contribution in [0, 0.1) is 13.8 Å². The van der Waals surface area contributed by atoms with Crippen molar-refractivity contribution in [1.82, 2.24) is 15.8 Å². The van der Waals surface area contributed by atoms with Crippen molar-refractivity contribution in [2.24, 2.45) is 4.99 Å². The van der Waals surface area contributed by atoms with Gasteiger partial charge in [0, 0.05) is 46.5 Å². The molecular weight excluding hydrogens is 336 g/mol. The molecule has 2 rings (SSSR count). The number of nitrogens with zero attached hydrogens (tertiary/aromatic N) is 2. The van der Waals surface area contributed by atoms with Crippen LogP contribution < -0.4 is 10.6 Å². The molecule has 7 heteroatoms. The van der Waals surface area contributed by atoms with Gasteiger partial charge in [-0.3, -0.25) is 9.20 Å². The van der Waals surface area contributed by atoms with Crippen molar-refractivity contribution in [1.29, 1.82) is 0 Å². The van der Waals surface area contributed by atoms with Crippen molar-refractivity contribution in [2.75, 3.05) is 18.8 Å². The van der Waals surface area contributed by atoms with E-state index in [0.717, 1.165) is 67.4 Å². The molecule has 25 heavy (non-hydrogen) atoms. The molecule has 0 aliphatic heterocycles. The average Bonchev–Trinajstić information content (AvgIpc) is 2.93. The minimum absolute atomic E-state index is 0.321. The van der Waals surface area contributed by atoms with Crippen molar-refractivity contribution in [3.05, 3.63) is 17.0 Å². The summed E-state index contributed by atoms with van der Waals surface area (Å²) in [6.45, 7) is 9.51. The van der Waals surface area contributed by atoms with Crippen LogP contribution in [0.4, 0.5) is 0 Å². The summed E-state index contributed by atoms with van der Waals surface area (Å²) in [4.78, 5) is 4.70. The van der Waals surface area contributed by atoms with Gasteiger partial charge in [-0.25, -0.2) is 0 Å². The highest BCUT2D eigenvalue weighted by molar-refractivity contribution is 7.85. The van der Waals surface area contributed by atoms with Gasteiger partial charge in [-0.15, -0.1) is 0 Å². The highest BCUT2D eigenvalue weighted by Crippen LogP contribution is 2.23. The molecule has 0 radical (unpaired) electrons. The van der Waals surface area contributed by atoms with E-state index >= 15 is 0 Å². The summed E-state index contributed by atoms with van der Waals surface area (Å²) in [5, 5.41) is 11.2. The molecule has 1 aromatic heterocycles. The van der Waals surface area contributed by atoms with Gasteiger partial charge in [0.25, 0.3) is 0 Å². The number of nitrogens with one attached hydrogen (secondary N) is 2. The van der Waals surface area contributed by atoms with E-state index in [1.165, 1.54) is 0 Å². The van der Waals surface area contributed by atoms with E-state index < -0.39 is 10.8 Å². The fraction of sp³-hybridized carbons (Fsp3) is 0.778. The molecule has 1 fully saturated rings. The van der Waals surface area contributed by atoms with Crippen molar-refractivity contribution >= 4 is 16.8 Å². The van der Waals surface area contributed by atoms with Gasteiger partial charge in [0.1, 0.15) is 5.76 Å². The fourth-order valence-corrected chi connectivity index (χ4v) is 4.75. The van der Waals surface area contributed by atoms with Crippen LogP contribution in [-0.2, 0) is 17.2 Å². The lowest BCUT2D eigenvalue weighted by Gasteiger charge is -2.30. The smallest absolute Gasteiger partial charge is 0.191 e. The zero-order valence-electron chi connectivity index (χ0n) is 15.9. The molecule has 1 aromatic rings. The van der Waals surface area contributed by atoms with Crippen molar-refractivity contribution in [2.45, 2.75) is 71.1 Å². The summed E-state index contributed by atoms with van der Waals surface area (Å²) < 4.78 is 17.3. The standard InChI is InChI=1S/C18H32N4O2S/c1-5-19-18(20-11-10-17-13(3)22-24-14(17)4)21-15-8-7-9-16(12-15)25(23)6-2/h15-16H,5-12H2,1-4H3,(H2,19,20,21). The van der Waals surface area contributed by atoms with E-state index in [-0.39, 0.29) is 0 Å². The third-order valence-electron chi connectivity index (χ3n) is 4.78. The minimum Gasteiger partial charge on any atom is -0.361 e. The zero-order valence-corrected chi connectivity index (χ0v) is 16.7. The summed E-state index contributed by atoms with van der Waals surface area (Å²) >= 11 is 0. The topological polar surface area (TPSA) is 79.5 Å². The second-order valence-corrected chi connectivity index (χ2v) is 8.62.